The largest absolute Gasteiger partial charge is 0.485 e. The Labute approximate surface area is 216 Å². The van der Waals surface area contributed by atoms with Gasteiger partial charge in [-0.25, -0.2) is 0 Å². The van der Waals surface area contributed by atoms with Crippen molar-refractivity contribution in [3.8, 4) is 5.75 Å². The maximum absolute atomic E-state index is 6.87. The van der Waals surface area contributed by atoms with Crippen LogP contribution < -0.4 is 15.8 Å². The first-order valence-corrected chi connectivity index (χ1v) is 13.5. The van der Waals surface area contributed by atoms with Crippen molar-refractivity contribution in [2.45, 2.75) is 58.6 Å². The summed E-state index contributed by atoms with van der Waals surface area (Å²) in [4.78, 5) is 2.70. The molecular formula is C32H41N3O. The van der Waals surface area contributed by atoms with Crippen LogP contribution in [-0.2, 0) is 6.42 Å². The van der Waals surface area contributed by atoms with E-state index in [-0.39, 0.29) is 11.6 Å². The maximum Gasteiger partial charge on any atom is 0.127 e. The highest BCUT2D eigenvalue weighted by molar-refractivity contribution is 5.66. The molecule has 3 aromatic rings. The van der Waals surface area contributed by atoms with Crippen LogP contribution in [0.4, 0.5) is 5.69 Å². The van der Waals surface area contributed by atoms with Crippen LogP contribution in [-0.4, -0.2) is 36.7 Å². The molecule has 0 radical (unpaired) electrons. The second-order valence-corrected chi connectivity index (χ2v) is 11.2. The molecular weight excluding hydrogens is 442 g/mol. The average Bonchev–Trinajstić information content (AvgIpc) is 3.25. The third-order valence-corrected chi connectivity index (χ3v) is 8.42. The van der Waals surface area contributed by atoms with Gasteiger partial charge in [0, 0.05) is 30.8 Å². The van der Waals surface area contributed by atoms with Crippen molar-refractivity contribution in [1.29, 1.82) is 0 Å². The van der Waals surface area contributed by atoms with Crippen molar-refractivity contribution in [3.05, 3.63) is 94.0 Å². The highest BCUT2D eigenvalue weighted by Crippen LogP contribution is 2.45. The minimum Gasteiger partial charge on any atom is -0.485 e. The van der Waals surface area contributed by atoms with E-state index in [1.54, 1.807) is 0 Å². The third kappa shape index (κ3) is 4.89. The van der Waals surface area contributed by atoms with Crippen molar-refractivity contribution >= 4 is 5.69 Å². The minimum atomic E-state index is -0.313. The lowest BCUT2D eigenvalue weighted by Crippen LogP contribution is -2.48. The summed E-state index contributed by atoms with van der Waals surface area (Å²) in [6.07, 6.45) is 3.33. The van der Waals surface area contributed by atoms with E-state index in [9.17, 15) is 0 Å². The van der Waals surface area contributed by atoms with Gasteiger partial charge in [0.2, 0.25) is 0 Å². The molecule has 4 heteroatoms. The standard InChI is InChI=1S/C32H41N3O/c1-22-23(2)31-28(24(3)29(22)33)19-32(4,36-31)21-35(20-25-15-17-34-18-16-25)30(26-11-7-5-8-12-26)27-13-9-6-10-14-27/h5-14,25,30,34H,15-21,33H2,1-4H3. The molecule has 5 rings (SSSR count). The zero-order chi connectivity index (χ0) is 25.3. The van der Waals surface area contributed by atoms with Crippen molar-refractivity contribution in [2.24, 2.45) is 5.92 Å². The molecule has 2 aliphatic rings. The molecule has 1 unspecified atom stereocenters. The summed E-state index contributed by atoms with van der Waals surface area (Å²) in [7, 11) is 0. The molecule has 4 nitrogen and oxygen atoms in total. The minimum absolute atomic E-state index is 0.181. The van der Waals surface area contributed by atoms with Gasteiger partial charge in [-0.2, -0.15) is 0 Å². The first kappa shape index (κ1) is 24.9. The maximum atomic E-state index is 6.87. The monoisotopic (exact) mass is 483 g/mol. The molecule has 190 valence electrons. The Kier molecular flexibility index (Phi) is 7.09. The number of ether oxygens (including phenoxy) is 1. The van der Waals surface area contributed by atoms with Crippen LogP contribution in [0.5, 0.6) is 5.75 Å². The molecule has 36 heavy (non-hydrogen) atoms. The number of benzene rings is 3. The van der Waals surface area contributed by atoms with Gasteiger partial charge in [0.15, 0.2) is 0 Å². The predicted molar refractivity (Wildman–Crippen MR) is 150 cm³/mol. The van der Waals surface area contributed by atoms with Crippen LogP contribution in [0.15, 0.2) is 60.7 Å². The Bertz CT molecular complexity index is 1110. The highest BCUT2D eigenvalue weighted by atomic mass is 16.5. The van der Waals surface area contributed by atoms with Gasteiger partial charge in [-0.15, -0.1) is 0 Å². The van der Waals surface area contributed by atoms with Gasteiger partial charge in [-0.1, -0.05) is 60.7 Å². The predicted octanol–water partition coefficient (Wildman–Crippen LogP) is 5.98. The molecule has 0 saturated carbocycles. The second kappa shape index (κ2) is 10.3. The zero-order valence-corrected chi connectivity index (χ0v) is 22.3. The molecule has 1 saturated heterocycles. The third-order valence-electron chi connectivity index (χ3n) is 8.42. The lowest BCUT2D eigenvalue weighted by molar-refractivity contribution is 0.0400. The van der Waals surface area contributed by atoms with E-state index in [2.05, 4.69) is 98.6 Å². The number of hydrogen-bond acceptors (Lipinski definition) is 4. The number of fused-ring (bicyclic) bond motifs is 1. The normalized spacial score (nSPS) is 20.1. The number of piperidine rings is 1. The summed E-state index contributed by atoms with van der Waals surface area (Å²) in [6, 6.07) is 22.2. The lowest BCUT2D eigenvalue weighted by Gasteiger charge is -2.40. The van der Waals surface area contributed by atoms with Gasteiger partial charge >= 0.3 is 0 Å². The Morgan fingerprint density at radius 3 is 2.08 bits per heavy atom. The Morgan fingerprint density at radius 1 is 0.917 bits per heavy atom. The lowest BCUT2D eigenvalue weighted by atomic mass is 9.89. The number of hydrogen-bond donors (Lipinski definition) is 2. The van der Waals surface area contributed by atoms with Crippen LogP contribution in [0.2, 0.25) is 0 Å². The van der Waals surface area contributed by atoms with Gasteiger partial charge in [0.1, 0.15) is 11.4 Å². The van der Waals surface area contributed by atoms with E-state index in [1.807, 2.05) is 0 Å². The number of nitrogens with one attached hydrogen (secondary N) is 1. The fraction of sp³-hybridized carbons (Fsp3) is 0.438. The van der Waals surface area contributed by atoms with E-state index in [0.29, 0.717) is 5.92 Å². The Morgan fingerprint density at radius 2 is 1.50 bits per heavy atom. The van der Waals surface area contributed by atoms with Crippen LogP contribution >= 0.6 is 0 Å². The molecule has 2 heterocycles. The number of nitrogens with two attached hydrogens (primary N) is 1. The summed E-state index contributed by atoms with van der Waals surface area (Å²) in [5.41, 5.74) is 14.6. The molecule has 0 aromatic heterocycles. The van der Waals surface area contributed by atoms with Crippen LogP contribution in [0.1, 0.15) is 59.2 Å². The fourth-order valence-corrected chi connectivity index (χ4v) is 6.28. The molecule has 2 aliphatic heterocycles. The van der Waals surface area contributed by atoms with E-state index in [4.69, 9.17) is 10.5 Å². The summed E-state index contributed by atoms with van der Waals surface area (Å²) >= 11 is 0. The number of anilines is 1. The molecule has 0 aliphatic carbocycles. The smallest absolute Gasteiger partial charge is 0.127 e. The van der Waals surface area contributed by atoms with Crippen molar-refractivity contribution < 1.29 is 4.74 Å². The van der Waals surface area contributed by atoms with E-state index < -0.39 is 0 Å². The summed E-state index contributed by atoms with van der Waals surface area (Å²) in [5.74, 6) is 1.73. The quantitative estimate of drug-likeness (QED) is 0.406. The van der Waals surface area contributed by atoms with Gasteiger partial charge < -0.3 is 15.8 Å². The summed E-state index contributed by atoms with van der Waals surface area (Å²) in [6.45, 7) is 12.8. The SMILES string of the molecule is Cc1c(C)c2c(c(C)c1N)CC(C)(CN(CC1CCNCC1)C(c1ccccc1)c1ccccc1)O2. The van der Waals surface area contributed by atoms with E-state index >= 15 is 0 Å². The topological polar surface area (TPSA) is 50.5 Å². The molecule has 0 amide bonds. The van der Waals surface area contributed by atoms with Crippen molar-refractivity contribution in [2.75, 3.05) is 31.9 Å². The van der Waals surface area contributed by atoms with Gasteiger partial charge in [-0.3, -0.25) is 4.90 Å². The highest BCUT2D eigenvalue weighted by Gasteiger charge is 2.41. The molecule has 3 aromatic carbocycles. The van der Waals surface area contributed by atoms with Gasteiger partial charge in [-0.05, 0) is 87.4 Å². The number of nitrogens with zero attached hydrogens (tertiary/aromatic N) is 1. The van der Waals surface area contributed by atoms with Crippen LogP contribution in [0.3, 0.4) is 0 Å². The first-order chi connectivity index (χ1) is 17.4. The molecule has 1 atom stereocenters. The molecule has 0 bridgehead atoms. The molecule has 3 N–H and O–H groups in total. The average molecular weight is 484 g/mol. The van der Waals surface area contributed by atoms with Crippen molar-refractivity contribution in [3.63, 3.8) is 0 Å². The van der Waals surface area contributed by atoms with Crippen LogP contribution in [0, 0.1) is 26.7 Å². The summed E-state index contributed by atoms with van der Waals surface area (Å²) in [5, 5.41) is 3.54. The van der Waals surface area contributed by atoms with Gasteiger partial charge in [0.25, 0.3) is 0 Å². The zero-order valence-electron chi connectivity index (χ0n) is 22.3. The first-order valence-electron chi connectivity index (χ1n) is 13.5. The molecule has 0 spiro atoms. The fourth-order valence-electron chi connectivity index (χ4n) is 6.28. The molecule has 1 fully saturated rings. The number of rotatable bonds is 7. The number of nitrogen functional groups attached to an aromatic ring is 1. The summed E-state index contributed by atoms with van der Waals surface area (Å²) < 4.78 is 6.87. The van der Waals surface area contributed by atoms with Gasteiger partial charge in [0.05, 0.1) is 6.04 Å². The Hall–Kier alpha value is -2.82. The van der Waals surface area contributed by atoms with E-state index in [1.165, 1.54) is 40.7 Å². The second-order valence-electron chi connectivity index (χ2n) is 11.2. The van der Waals surface area contributed by atoms with Crippen molar-refractivity contribution in [1.82, 2.24) is 10.2 Å². The van der Waals surface area contributed by atoms with Crippen LogP contribution in [0.25, 0.3) is 0 Å². The van der Waals surface area contributed by atoms with E-state index in [0.717, 1.165) is 49.6 Å². The Balaban J connectivity index is 1.52.